The van der Waals surface area contributed by atoms with Crippen LogP contribution in [0.25, 0.3) is 11.0 Å². The van der Waals surface area contributed by atoms with Crippen molar-refractivity contribution >= 4 is 45.6 Å². The van der Waals surface area contributed by atoms with Crippen molar-refractivity contribution in [2.24, 2.45) is 0 Å². The zero-order chi connectivity index (χ0) is 13.4. The van der Waals surface area contributed by atoms with Gasteiger partial charge in [0, 0.05) is 5.02 Å². The van der Waals surface area contributed by atoms with Crippen LogP contribution in [-0.2, 0) is 12.4 Å². The van der Waals surface area contributed by atoms with Crippen molar-refractivity contribution in [3.63, 3.8) is 0 Å². The summed E-state index contributed by atoms with van der Waals surface area (Å²) < 4.78 is 2.16. The Hall–Kier alpha value is -1.03. The van der Waals surface area contributed by atoms with Gasteiger partial charge in [-0.1, -0.05) is 11.6 Å². The van der Waals surface area contributed by atoms with Crippen LogP contribution in [0, 0.1) is 6.92 Å². The maximum Gasteiger partial charge on any atom is 0.125 e. The number of halogens is 2. The average molecular weight is 311 g/mol. The molecule has 0 fully saturated rings. The number of aryl methyl sites for hydroxylation is 1. The Balaban J connectivity index is 2.13. The second kappa shape index (κ2) is 5.16. The van der Waals surface area contributed by atoms with E-state index in [1.54, 1.807) is 11.3 Å². The molecule has 1 aromatic carbocycles. The van der Waals surface area contributed by atoms with Gasteiger partial charge in [-0.25, -0.2) is 4.98 Å². The van der Waals surface area contributed by atoms with Crippen LogP contribution in [0.3, 0.4) is 0 Å². The third-order valence-corrected chi connectivity index (χ3v) is 4.58. The first-order valence-corrected chi connectivity index (χ1v) is 7.77. The molecule has 5 heteroatoms. The summed E-state index contributed by atoms with van der Waals surface area (Å²) >= 11 is 13.7. The Morgan fingerprint density at radius 2 is 2.16 bits per heavy atom. The van der Waals surface area contributed by atoms with Crippen LogP contribution in [0.5, 0.6) is 0 Å². The molecule has 2 aromatic heterocycles. The molecule has 0 saturated carbocycles. The molecule has 19 heavy (non-hydrogen) atoms. The van der Waals surface area contributed by atoms with Gasteiger partial charge in [0.2, 0.25) is 0 Å². The average Bonchev–Trinajstić information content (AvgIpc) is 2.94. The van der Waals surface area contributed by atoms with E-state index in [2.05, 4.69) is 27.2 Å². The van der Waals surface area contributed by atoms with E-state index in [-0.39, 0.29) is 0 Å². The molecular weight excluding hydrogens is 299 g/mol. The first-order valence-electron chi connectivity index (χ1n) is 5.91. The summed E-state index contributed by atoms with van der Waals surface area (Å²) in [6.07, 6.45) is 0. The quantitative estimate of drug-likeness (QED) is 0.632. The van der Waals surface area contributed by atoms with Crippen molar-refractivity contribution in [2.45, 2.75) is 19.3 Å². The molecule has 3 aromatic rings. The van der Waals surface area contributed by atoms with E-state index < -0.39 is 0 Å². The van der Waals surface area contributed by atoms with Crippen molar-refractivity contribution in [3.8, 4) is 0 Å². The van der Waals surface area contributed by atoms with Crippen molar-refractivity contribution in [3.05, 3.63) is 50.9 Å². The summed E-state index contributed by atoms with van der Waals surface area (Å²) in [5, 5.41) is 5.03. The highest BCUT2D eigenvalue weighted by atomic mass is 35.5. The Labute approximate surface area is 125 Å². The number of alkyl halides is 1. The summed E-state index contributed by atoms with van der Waals surface area (Å²) in [6.45, 7) is 2.93. The molecule has 3 rings (SSSR count). The lowest BCUT2D eigenvalue weighted by atomic mass is 10.2. The topological polar surface area (TPSA) is 17.8 Å². The van der Waals surface area contributed by atoms with Crippen LogP contribution in [0.2, 0.25) is 5.02 Å². The molecule has 98 valence electrons. The number of thiophene rings is 1. The van der Waals surface area contributed by atoms with Crippen LogP contribution >= 0.6 is 34.5 Å². The number of benzene rings is 1. The van der Waals surface area contributed by atoms with Gasteiger partial charge >= 0.3 is 0 Å². The zero-order valence-corrected chi connectivity index (χ0v) is 12.7. The van der Waals surface area contributed by atoms with E-state index in [1.165, 1.54) is 11.1 Å². The van der Waals surface area contributed by atoms with E-state index in [0.717, 1.165) is 23.4 Å². The monoisotopic (exact) mass is 310 g/mol. The molecule has 0 saturated heterocycles. The minimum absolute atomic E-state index is 0.398. The molecule has 2 heterocycles. The molecule has 0 unspecified atom stereocenters. The Morgan fingerprint density at radius 3 is 2.84 bits per heavy atom. The standard InChI is InChI=1S/C14H12Cl2N2S/c1-9-7-19-8-10(9)6-18-13-3-2-11(16)4-12(13)17-14(18)5-15/h2-4,7-8H,5-6H2,1H3. The van der Waals surface area contributed by atoms with Crippen molar-refractivity contribution < 1.29 is 0 Å². The Kier molecular flexibility index (Phi) is 3.52. The molecule has 0 N–H and O–H groups in total. The highest BCUT2D eigenvalue weighted by molar-refractivity contribution is 7.08. The Morgan fingerprint density at radius 1 is 1.32 bits per heavy atom. The van der Waals surface area contributed by atoms with E-state index in [1.807, 2.05) is 18.2 Å². The van der Waals surface area contributed by atoms with E-state index in [4.69, 9.17) is 23.2 Å². The molecular formula is C14H12Cl2N2S. The second-order valence-electron chi connectivity index (χ2n) is 4.46. The largest absolute Gasteiger partial charge is 0.322 e. The van der Waals surface area contributed by atoms with Crippen LogP contribution in [-0.4, -0.2) is 9.55 Å². The predicted molar refractivity (Wildman–Crippen MR) is 82.5 cm³/mol. The minimum atomic E-state index is 0.398. The fourth-order valence-corrected chi connectivity index (χ4v) is 3.37. The van der Waals surface area contributed by atoms with Crippen LogP contribution < -0.4 is 0 Å². The molecule has 0 radical (unpaired) electrons. The van der Waals surface area contributed by atoms with Crippen molar-refractivity contribution in [1.29, 1.82) is 0 Å². The molecule has 0 spiro atoms. The first-order chi connectivity index (χ1) is 9.19. The number of hydrogen-bond donors (Lipinski definition) is 0. The van der Waals surface area contributed by atoms with Gasteiger partial charge < -0.3 is 4.57 Å². The van der Waals surface area contributed by atoms with Crippen LogP contribution in [0.4, 0.5) is 0 Å². The van der Waals surface area contributed by atoms with Gasteiger partial charge in [0.25, 0.3) is 0 Å². The smallest absolute Gasteiger partial charge is 0.125 e. The minimum Gasteiger partial charge on any atom is -0.322 e. The number of aromatic nitrogens is 2. The lowest BCUT2D eigenvalue weighted by Crippen LogP contribution is -2.03. The first kappa shape index (κ1) is 13.0. The van der Waals surface area contributed by atoms with Crippen LogP contribution in [0.1, 0.15) is 17.0 Å². The number of fused-ring (bicyclic) bond motifs is 1. The van der Waals surface area contributed by atoms with Crippen molar-refractivity contribution in [1.82, 2.24) is 9.55 Å². The molecule has 2 nitrogen and oxygen atoms in total. The summed E-state index contributed by atoms with van der Waals surface area (Å²) in [5.41, 5.74) is 4.59. The highest BCUT2D eigenvalue weighted by Crippen LogP contribution is 2.24. The highest BCUT2D eigenvalue weighted by Gasteiger charge is 2.12. The SMILES string of the molecule is Cc1cscc1Cn1c(CCl)nc2cc(Cl)ccc21. The van der Waals surface area contributed by atoms with Crippen molar-refractivity contribution in [2.75, 3.05) is 0 Å². The van der Waals surface area contributed by atoms with Gasteiger partial charge in [0.05, 0.1) is 23.5 Å². The van der Waals surface area contributed by atoms with E-state index >= 15 is 0 Å². The lowest BCUT2D eigenvalue weighted by molar-refractivity contribution is 0.777. The predicted octanol–water partition coefficient (Wildman–Crippen LogP) is 4.85. The Bertz CT molecular complexity index is 730. The number of imidazole rings is 1. The van der Waals surface area contributed by atoms with E-state index in [0.29, 0.717) is 10.9 Å². The molecule has 0 amide bonds. The molecule has 0 aliphatic heterocycles. The van der Waals surface area contributed by atoms with Gasteiger partial charge in [-0.15, -0.1) is 11.6 Å². The summed E-state index contributed by atoms with van der Waals surface area (Å²) in [7, 11) is 0. The summed E-state index contributed by atoms with van der Waals surface area (Å²) in [6, 6.07) is 5.77. The van der Waals surface area contributed by atoms with Gasteiger partial charge in [0.15, 0.2) is 0 Å². The van der Waals surface area contributed by atoms with Gasteiger partial charge in [-0.3, -0.25) is 0 Å². The molecule has 0 atom stereocenters. The van der Waals surface area contributed by atoms with Gasteiger partial charge in [0.1, 0.15) is 5.82 Å². The number of nitrogens with zero attached hydrogens (tertiary/aromatic N) is 2. The third-order valence-electron chi connectivity index (χ3n) is 3.20. The third kappa shape index (κ3) is 2.38. The van der Waals surface area contributed by atoms with Crippen LogP contribution in [0.15, 0.2) is 29.0 Å². The number of rotatable bonds is 3. The second-order valence-corrected chi connectivity index (χ2v) is 5.91. The lowest BCUT2D eigenvalue weighted by Gasteiger charge is -2.07. The fraction of sp³-hybridized carbons (Fsp3) is 0.214. The fourth-order valence-electron chi connectivity index (χ4n) is 2.15. The zero-order valence-electron chi connectivity index (χ0n) is 10.4. The maximum atomic E-state index is 6.01. The summed E-state index contributed by atoms with van der Waals surface area (Å²) in [4.78, 5) is 4.55. The maximum absolute atomic E-state index is 6.01. The molecule has 0 aliphatic carbocycles. The molecule has 0 bridgehead atoms. The van der Waals surface area contributed by atoms with Gasteiger partial charge in [-0.2, -0.15) is 11.3 Å². The van der Waals surface area contributed by atoms with Gasteiger partial charge in [-0.05, 0) is 47.0 Å². The summed E-state index contributed by atoms with van der Waals surface area (Å²) in [5.74, 6) is 1.28. The molecule has 0 aliphatic rings. The number of hydrogen-bond acceptors (Lipinski definition) is 2. The normalized spacial score (nSPS) is 11.3. The van der Waals surface area contributed by atoms with E-state index in [9.17, 15) is 0 Å².